The summed E-state index contributed by atoms with van der Waals surface area (Å²) in [7, 11) is 0. The largest absolute Gasteiger partial charge is 0.353 e. The molecule has 4 nitrogen and oxygen atoms in total. The summed E-state index contributed by atoms with van der Waals surface area (Å²) < 4.78 is 0. The summed E-state index contributed by atoms with van der Waals surface area (Å²) in [6.45, 7) is 3.28. The number of carbonyl (C=O) groups is 2. The van der Waals surface area contributed by atoms with Crippen LogP contribution in [0.1, 0.15) is 6.92 Å². The maximum absolute atomic E-state index is 11.6. The Hall–Kier alpha value is -0.710. The molecule has 1 N–H and O–H groups in total. The first-order valence-electron chi connectivity index (χ1n) is 4.23. The third kappa shape index (κ3) is 2.62. The van der Waals surface area contributed by atoms with Crippen molar-refractivity contribution in [2.45, 2.75) is 12.2 Å². The topological polar surface area (TPSA) is 49.4 Å². The zero-order valence-corrected chi connectivity index (χ0v) is 8.69. The Kier molecular flexibility index (Phi) is 3.59. The second kappa shape index (κ2) is 4.50. The summed E-state index contributed by atoms with van der Waals surface area (Å²) in [6.07, 6.45) is 1.90. The summed E-state index contributed by atoms with van der Waals surface area (Å²) in [4.78, 5) is 24.2. The highest BCUT2D eigenvalue weighted by Gasteiger charge is 2.24. The molecule has 0 aromatic rings. The quantitative estimate of drug-likeness (QED) is 0.668. The van der Waals surface area contributed by atoms with Crippen LogP contribution < -0.4 is 5.32 Å². The van der Waals surface area contributed by atoms with Crippen molar-refractivity contribution < 1.29 is 9.59 Å². The lowest BCUT2D eigenvalue weighted by atomic mass is 10.3. The molecule has 1 aliphatic rings. The van der Waals surface area contributed by atoms with Crippen molar-refractivity contribution in [3.8, 4) is 0 Å². The molecule has 1 unspecified atom stereocenters. The summed E-state index contributed by atoms with van der Waals surface area (Å²) in [5.74, 6) is -0.00440. The molecule has 1 rings (SSSR count). The minimum Gasteiger partial charge on any atom is -0.353 e. The minimum absolute atomic E-state index is 0.0501. The maximum atomic E-state index is 11.6. The van der Waals surface area contributed by atoms with E-state index in [-0.39, 0.29) is 23.6 Å². The third-order valence-electron chi connectivity index (χ3n) is 2.05. The van der Waals surface area contributed by atoms with Crippen molar-refractivity contribution in [2.24, 2.45) is 0 Å². The highest BCUT2D eigenvalue weighted by molar-refractivity contribution is 7.99. The fourth-order valence-corrected chi connectivity index (χ4v) is 1.54. The predicted molar refractivity (Wildman–Crippen MR) is 52.6 cm³/mol. The molecule has 0 saturated carbocycles. The Labute approximate surface area is 82.0 Å². The number of amides is 2. The fraction of sp³-hybridized carbons (Fsp3) is 0.750. The van der Waals surface area contributed by atoms with Gasteiger partial charge in [0.15, 0.2) is 0 Å². The van der Waals surface area contributed by atoms with E-state index in [2.05, 4.69) is 5.32 Å². The van der Waals surface area contributed by atoms with Gasteiger partial charge in [0.2, 0.25) is 11.8 Å². The first-order valence-corrected chi connectivity index (χ1v) is 5.52. The first kappa shape index (κ1) is 10.4. The molecule has 5 heteroatoms. The number of rotatable bonds is 2. The Bertz CT molecular complexity index is 220. The van der Waals surface area contributed by atoms with E-state index in [0.717, 1.165) is 0 Å². The average Bonchev–Trinajstić information content (AvgIpc) is 2.15. The van der Waals surface area contributed by atoms with E-state index >= 15 is 0 Å². The standard InChI is InChI=1S/C8H14N2O2S/c1-6(13-2)8(12)10-4-3-9-7(11)5-10/h6H,3-5H2,1-2H3,(H,9,11). The van der Waals surface area contributed by atoms with Gasteiger partial charge in [-0.05, 0) is 13.2 Å². The van der Waals surface area contributed by atoms with Crippen LogP contribution in [0.2, 0.25) is 0 Å². The molecule has 0 aliphatic carbocycles. The van der Waals surface area contributed by atoms with E-state index in [9.17, 15) is 9.59 Å². The van der Waals surface area contributed by atoms with E-state index < -0.39 is 0 Å². The molecule has 1 fully saturated rings. The highest BCUT2D eigenvalue weighted by atomic mass is 32.2. The van der Waals surface area contributed by atoms with Crippen molar-refractivity contribution >= 4 is 23.6 Å². The predicted octanol–water partition coefficient (Wildman–Crippen LogP) is -0.304. The van der Waals surface area contributed by atoms with Gasteiger partial charge in [-0.15, -0.1) is 0 Å². The lowest BCUT2D eigenvalue weighted by Crippen LogP contribution is -2.51. The monoisotopic (exact) mass is 202 g/mol. The number of hydrogen-bond acceptors (Lipinski definition) is 3. The third-order valence-corrected chi connectivity index (χ3v) is 2.96. The summed E-state index contributed by atoms with van der Waals surface area (Å²) in [5.41, 5.74) is 0. The zero-order valence-electron chi connectivity index (χ0n) is 7.87. The molecule has 0 spiro atoms. The van der Waals surface area contributed by atoms with E-state index in [4.69, 9.17) is 0 Å². The van der Waals surface area contributed by atoms with E-state index in [1.54, 1.807) is 4.90 Å². The molecule has 1 heterocycles. The van der Waals surface area contributed by atoms with Crippen LogP contribution in [0.15, 0.2) is 0 Å². The number of nitrogens with one attached hydrogen (secondary N) is 1. The zero-order chi connectivity index (χ0) is 9.84. The van der Waals surface area contributed by atoms with Crippen molar-refractivity contribution in [2.75, 3.05) is 25.9 Å². The normalized spacial score (nSPS) is 19.5. The van der Waals surface area contributed by atoms with E-state index in [0.29, 0.717) is 13.1 Å². The highest BCUT2D eigenvalue weighted by Crippen LogP contribution is 2.09. The van der Waals surface area contributed by atoms with Gasteiger partial charge in [-0.3, -0.25) is 9.59 Å². The Morgan fingerprint density at radius 2 is 2.38 bits per heavy atom. The Morgan fingerprint density at radius 3 is 2.92 bits per heavy atom. The van der Waals surface area contributed by atoms with Gasteiger partial charge in [0.25, 0.3) is 0 Å². The molecule has 0 bridgehead atoms. The molecule has 74 valence electrons. The molecule has 1 aliphatic heterocycles. The van der Waals surface area contributed by atoms with Gasteiger partial charge in [-0.2, -0.15) is 11.8 Å². The van der Waals surface area contributed by atoms with Gasteiger partial charge >= 0.3 is 0 Å². The number of hydrogen-bond donors (Lipinski definition) is 1. The van der Waals surface area contributed by atoms with Gasteiger partial charge in [0.05, 0.1) is 11.8 Å². The van der Waals surface area contributed by atoms with E-state index in [1.807, 2.05) is 13.2 Å². The van der Waals surface area contributed by atoms with Gasteiger partial charge in [-0.1, -0.05) is 0 Å². The maximum Gasteiger partial charge on any atom is 0.239 e. The van der Waals surface area contributed by atoms with Crippen LogP contribution in [0, 0.1) is 0 Å². The molecule has 2 amide bonds. The second-order valence-electron chi connectivity index (χ2n) is 2.99. The van der Waals surface area contributed by atoms with E-state index in [1.165, 1.54) is 11.8 Å². The summed E-state index contributed by atoms with van der Waals surface area (Å²) in [5, 5.41) is 2.63. The first-order chi connectivity index (χ1) is 6.15. The van der Waals surface area contributed by atoms with Gasteiger partial charge < -0.3 is 10.2 Å². The molecule has 0 aromatic heterocycles. The van der Waals surface area contributed by atoms with Crippen molar-refractivity contribution in [3.05, 3.63) is 0 Å². The molecular formula is C8H14N2O2S. The lowest BCUT2D eigenvalue weighted by Gasteiger charge is -2.28. The van der Waals surface area contributed by atoms with Crippen LogP contribution >= 0.6 is 11.8 Å². The Morgan fingerprint density at radius 1 is 1.69 bits per heavy atom. The van der Waals surface area contributed by atoms with Crippen LogP contribution in [0.3, 0.4) is 0 Å². The molecule has 0 aromatic carbocycles. The molecule has 13 heavy (non-hydrogen) atoms. The smallest absolute Gasteiger partial charge is 0.239 e. The number of thioether (sulfide) groups is 1. The lowest BCUT2D eigenvalue weighted by molar-refractivity contribution is -0.137. The van der Waals surface area contributed by atoms with Crippen molar-refractivity contribution in [1.82, 2.24) is 10.2 Å². The van der Waals surface area contributed by atoms with Crippen molar-refractivity contribution in [1.29, 1.82) is 0 Å². The Balaban J connectivity index is 2.50. The molecule has 1 saturated heterocycles. The summed E-state index contributed by atoms with van der Waals surface area (Å²) >= 11 is 1.50. The molecule has 1 atom stereocenters. The number of piperazine rings is 1. The average molecular weight is 202 g/mol. The fourth-order valence-electron chi connectivity index (χ4n) is 1.18. The number of nitrogens with zero attached hydrogens (tertiary/aromatic N) is 1. The SMILES string of the molecule is CSC(C)C(=O)N1CCNC(=O)C1. The van der Waals surface area contributed by atoms with Crippen molar-refractivity contribution in [3.63, 3.8) is 0 Å². The summed E-state index contributed by atoms with van der Waals surface area (Å²) in [6, 6.07) is 0. The minimum atomic E-state index is -0.0621. The number of carbonyl (C=O) groups excluding carboxylic acids is 2. The van der Waals surface area contributed by atoms with Gasteiger partial charge in [-0.25, -0.2) is 0 Å². The van der Waals surface area contributed by atoms with Crippen LogP contribution in [0.5, 0.6) is 0 Å². The second-order valence-corrected chi connectivity index (χ2v) is 4.17. The van der Waals surface area contributed by atoms with Crippen LogP contribution in [0.25, 0.3) is 0 Å². The van der Waals surface area contributed by atoms with Gasteiger partial charge in [0, 0.05) is 13.1 Å². The van der Waals surface area contributed by atoms with Crippen LogP contribution in [-0.4, -0.2) is 47.9 Å². The molecule has 0 radical (unpaired) electrons. The molecular weight excluding hydrogens is 188 g/mol. The van der Waals surface area contributed by atoms with Gasteiger partial charge in [0.1, 0.15) is 0 Å². The van der Waals surface area contributed by atoms with Crippen LogP contribution in [-0.2, 0) is 9.59 Å². The van der Waals surface area contributed by atoms with Crippen LogP contribution in [0.4, 0.5) is 0 Å².